The first-order valence-electron chi connectivity index (χ1n) is 5.55. The molecule has 4 heteroatoms. The Morgan fingerprint density at radius 1 is 1.56 bits per heavy atom. The number of nitrogens with zero attached hydrogens (tertiary/aromatic N) is 2. The van der Waals surface area contributed by atoms with Gasteiger partial charge in [0.25, 0.3) is 0 Å². The van der Waals surface area contributed by atoms with Gasteiger partial charge in [-0.2, -0.15) is 0 Å². The molecule has 88 valence electrons. The molecule has 0 aromatic carbocycles. The summed E-state index contributed by atoms with van der Waals surface area (Å²) in [4.78, 5) is 6.28. The van der Waals surface area contributed by atoms with E-state index >= 15 is 0 Å². The van der Waals surface area contributed by atoms with Gasteiger partial charge in [0.15, 0.2) is 0 Å². The Kier molecular flexibility index (Phi) is 3.12. The Labute approximate surface area is 95.9 Å². The molecule has 0 amide bonds. The average molecular weight is 222 g/mol. The monoisotopic (exact) mass is 222 g/mol. The van der Waals surface area contributed by atoms with Gasteiger partial charge in [0.05, 0.1) is 18.8 Å². The number of anilines is 1. The smallest absolute Gasteiger partial charge is 0.0801 e. The quantitative estimate of drug-likeness (QED) is 0.816. The van der Waals surface area contributed by atoms with Crippen molar-refractivity contribution in [2.45, 2.75) is 26.1 Å². The summed E-state index contributed by atoms with van der Waals surface area (Å²) in [6, 6.07) is 1.95. The van der Waals surface area contributed by atoms with E-state index in [1.807, 2.05) is 6.07 Å². The third-order valence-electron chi connectivity index (χ3n) is 2.81. The summed E-state index contributed by atoms with van der Waals surface area (Å²) in [7, 11) is 0. The molecule has 0 radical (unpaired) electrons. The standard InChI is InChI=1S/C12H18N2O2/c1-12(2)9-14(5-6-16-12)11-3-4-13-7-10(11)8-15/h3-4,7,15H,5-6,8-9H2,1-2H3. The predicted molar refractivity (Wildman–Crippen MR) is 62.4 cm³/mol. The second kappa shape index (κ2) is 4.39. The van der Waals surface area contributed by atoms with E-state index in [-0.39, 0.29) is 12.2 Å². The third-order valence-corrected chi connectivity index (χ3v) is 2.81. The highest BCUT2D eigenvalue weighted by atomic mass is 16.5. The zero-order valence-corrected chi connectivity index (χ0v) is 9.81. The lowest BCUT2D eigenvalue weighted by molar-refractivity contribution is -0.0277. The minimum absolute atomic E-state index is 0.0287. The number of aliphatic hydroxyl groups excluding tert-OH is 1. The van der Waals surface area contributed by atoms with E-state index < -0.39 is 0 Å². The van der Waals surface area contributed by atoms with Gasteiger partial charge in [-0.25, -0.2) is 0 Å². The van der Waals surface area contributed by atoms with Gasteiger partial charge < -0.3 is 14.7 Å². The van der Waals surface area contributed by atoms with Crippen LogP contribution in [0.1, 0.15) is 19.4 Å². The van der Waals surface area contributed by atoms with Gasteiger partial charge in [-0.15, -0.1) is 0 Å². The lowest BCUT2D eigenvalue weighted by atomic mass is 10.1. The molecule has 1 aliphatic heterocycles. The van der Waals surface area contributed by atoms with Crippen LogP contribution < -0.4 is 4.90 Å². The van der Waals surface area contributed by atoms with Crippen molar-refractivity contribution < 1.29 is 9.84 Å². The largest absolute Gasteiger partial charge is 0.392 e. The van der Waals surface area contributed by atoms with Crippen molar-refractivity contribution in [2.75, 3.05) is 24.6 Å². The maximum absolute atomic E-state index is 9.28. The topological polar surface area (TPSA) is 45.6 Å². The fourth-order valence-electron chi connectivity index (χ4n) is 2.07. The fraction of sp³-hybridized carbons (Fsp3) is 0.583. The summed E-state index contributed by atoms with van der Waals surface area (Å²) >= 11 is 0. The predicted octanol–water partition coefficient (Wildman–Crippen LogP) is 1.19. The van der Waals surface area contributed by atoms with Crippen LogP contribution in [-0.4, -0.2) is 35.4 Å². The Morgan fingerprint density at radius 3 is 3.06 bits per heavy atom. The van der Waals surface area contributed by atoms with Crippen molar-refractivity contribution in [3.05, 3.63) is 24.0 Å². The molecule has 16 heavy (non-hydrogen) atoms. The van der Waals surface area contributed by atoms with Crippen LogP contribution in [0.25, 0.3) is 0 Å². The van der Waals surface area contributed by atoms with E-state index in [2.05, 4.69) is 23.7 Å². The zero-order chi connectivity index (χ0) is 11.6. The second-order valence-corrected chi connectivity index (χ2v) is 4.69. The molecular weight excluding hydrogens is 204 g/mol. The molecule has 2 heterocycles. The molecule has 1 saturated heterocycles. The number of hydrogen-bond donors (Lipinski definition) is 1. The third kappa shape index (κ3) is 2.33. The number of aromatic nitrogens is 1. The maximum atomic E-state index is 9.28. The molecular formula is C12H18N2O2. The second-order valence-electron chi connectivity index (χ2n) is 4.69. The molecule has 1 aliphatic rings. The van der Waals surface area contributed by atoms with E-state index in [9.17, 15) is 5.11 Å². The molecule has 2 rings (SSSR count). The summed E-state index contributed by atoms with van der Waals surface area (Å²) in [6.07, 6.45) is 3.48. The Bertz CT molecular complexity index is 366. The molecule has 0 saturated carbocycles. The molecule has 0 unspecified atom stereocenters. The van der Waals surface area contributed by atoms with E-state index in [4.69, 9.17) is 4.74 Å². The van der Waals surface area contributed by atoms with Gasteiger partial charge in [-0.05, 0) is 19.9 Å². The number of hydrogen-bond acceptors (Lipinski definition) is 4. The minimum Gasteiger partial charge on any atom is -0.392 e. The first kappa shape index (κ1) is 11.4. The van der Waals surface area contributed by atoms with Crippen molar-refractivity contribution in [3.8, 4) is 0 Å². The van der Waals surface area contributed by atoms with E-state index in [0.29, 0.717) is 0 Å². The summed E-state index contributed by atoms with van der Waals surface area (Å²) in [5.41, 5.74) is 1.81. The van der Waals surface area contributed by atoms with Crippen molar-refractivity contribution >= 4 is 5.69 Å². The van der Waals surface area contributed by atoms with Gasteiger partial charge >= 0.3 is 0 Å². The summed E-state index contributed by atoms with van der Waals surface area (Å²) in [6.45, 7) is 6.61. The number of pyridine rings is 1. The molecule has 1 N–H and O–H groups in total. The van der Waals surface area contributed by atoms with Crippen LogP contribution in [0, 0.1) is 0 Å². The van der Waals surface area contributed by atoms with Gasteiger partial charge in [0, 0.05) is 36.7 Å². The minimum atomic E-state index is -0.131. The van der Waals surface area contributed by atoms with Crippen molar-refractivity contribution in [1.82, 2.24) is 4.98 Å². The number of rotatable bonds is 2. The zero-order valence-electron chi connectivity index (χ0n) is 9.81. The molecule has 0 bridgehead atoms. The molecule has 0 atom stereocenters. The van der Waals surface area contributed by atoms with Crippen LogP contribution in [0.4, 0.5) is 5.69 Å². The van der Waals surface area contributed by atoms with E-state index in [0.717, 1.165) is 30.9 Å². The molecule has 0 aliphatic carbocycles. The van der Waals surface area contributed by atoms with E-state index in [1.54, 1.807) is 12.4 Å². The molecule has 1 aromatic rings. The van der Waals surface area contributed by atoms with Gasteiger partial charge in [0.1, 0.15) is 0 Å². The number of ether oxygens (including phenoxy) is 1. The van der Waals surface area contributed by atoms with E-state index in [1.165, 1.54) is 0 Å². The summed E-state index contributed by atoms with van der Waals surface area (Å²) < 4.78 is 5.67. The number of morpholine rings is 1. The highest BCUT2D eigenvalue weighted by Crippen LogP contribution is 2.25. The normalized spacial score (nSPS) is 19.8. The Morgan fingerprint density at radius 2 is 2.38 bits per heavy atom. The molecule has 1 fully saturated rings. The van der Waals surface area contributed by atoms with Crippen LogP contribution in [-0.2, 0) is 11.3 Å². The highest BCUT2D eigenvalue weighted by Gasteiger charge is 2.28. The Hall–Kier alpha value is -1.13. The Balaban J connectivity index is 2.23. The summed E-state index contributed by atoms with van der Waals surface area (Å²) in [5.74, 6) is 0. The van der Waals surface area contributed by atoms with Crippen LogP contribution >= 0.6 is 0 Å². The first-order chi connectivity index (χ1) is 7.62. The van der Waals surface area contributed by atoms with Crippen molar-refractivity contribution in [2.24, 2.45) is 0 Å². The van der Waals surface area contributed by atoms with Gasteiger partial charge in [-0.1, -0.05) is 0 Å². The van der Waals surface area contributed by atoms with Gasteiger partial charge in [0.2, 0.25) is 0 Å². The first-order valence-corrected chi connectivity index (χ1v) is 5.55. The van der Waals surface area contributed by atoms with Crippen LogP contribution in [0.5, 0.6) is 0 Å². The number of aliphatic hydroxyl groups is 1. The molecule has 4 nitrogen and oxygen atoms in total. The van der Waals surface area contributed by atoms with Crippen LogP contribution in [0.2, 0.25) is 0 Å². The van der Waals surface area contributed by atoms with Crippen molar-refractivity contribution in [1.29, 1.82) is 0 Å². The van der Waals surface area contributed by atoms with Crippen LogP contribution in [0.3, 0.4) is 0 Å². The van der Waals surface area contributed by atoms with Crippen LogP contribution in [0.15, 0.2) is 18.5 Å². The lowest BCUT2D eigenvalue weighted by Gasteiger charge is -2.40. The highest BCUT2D eigenvalue weighted by molar-refractivity contribution is 5.52. The SMILES string of the molecule is CC1(C)CN(c2ccncc2CO)CCO1. The van der Waals surface area contributed by atoms with Gasteiger partial charge in [-0.3, -0.25) is 4.98 Å². The fourth-order valence-corrected chi connectivity index (χ4v) is 2.07. The molecule has 1 aromatic heterocycles. The maximum Gasteiger partial charge on any atom is 0.0801 e. The molecule has 0 spiro atoms. The van der Waals surface area contributed by atoms with Crippen molar-refractivity contribution in [3.63, 3.8) is 0 Å². The lowest BCUT2D eigenvalue weighted by Crippen LogP contribution is -2.48. The summed E-state index contributed by atoms with van der Waals surface area (Å²) in [5, 5.41) is 9.28. The average Bonchev–Trinajstić information content (AvgIpc) is 2.27.